The molecule has 0 aliphatic rings. The van der Waals surface area contributed by atoms with Crippen molar-refractivity contribution in [3.63, 3.8) is 0 Å². The van der Waals surface area contributed by atoms with E-state index in [1.54, 1.807) is 53.1 Å². The molecule has 0 aromatic heterocycles. The van der Waals surface area contributed by atoms with E-state index in [1.807, 2.05) is 35.2 Å². The third kappa shape index (κ3) is 7.25. The van der Waals surface area contributed by atoms with Crippen LogP contribution in [0.25, 0.3) is 11.1 Å². The van der Waals surface area contributed by atoms with E-state index in [-0.39, 0.29) is 22.6 Å². The number of aromatic hydroxyl groups is 1. The lowest BCUT2D eigenvalue weighted by Gasteiger charge is -2.27. The number of nitrogens with one attached hydrogen (secondary N) is 1. The number of ether oxygens (including phenoxy) is 1. The molecule has 3 aromatic rings. The summed E-state index contributed by atoms with van der Waals surface area (Å²) in [7, 11) is 3.43. The molecule has 0 aliphatic heterocycles. The summed E-state index contributed by atoms with van der Waals surface area (Å²) in [6.45, 7) is 6.19. The number of benzene rings is 3. The average molecular weight is 520 g/mol. The van der Waals surface area contributed by atoms with Crippen LogP contribution in [-0.2, 0) is 4.74 Å². The Bertz CT molecular complexity index is 1320. The zero-order valence-corrected chi connectivity index (χ0v) is 22.2. The molecule has 0 fully saturated rings. The number of aromatic carboxylic acids is 1. The number of carbonyl (C=O) groups is 3. The number of amides is 2. The van der Waals surface area contributed by atoms with Gasteiger partial charge >= 0.3 is 12.1 Å². The van der Waals surface area contributed by atoms with Crippen LogP contribution in [0.15, 0.2) is 66.7 Å². The standard InChI is InChI=1S/C29H33N3O6/c1-29(2,3)38-28(37)32(5)16-15-31(4)21-12-14-25(33)23(18-21)26(34)30-24-17-20(11-13-22(24)27(35)36)19-9-7-6-8-10-19/h6-14,17-18,33H,15-16H2,1-5H3,(H,30,34)(H,35,36). The number of rotatable bonds is 8. The van der Waals surface area contributed by atoms with Crippen molar-refractivity contribution in [1.29, 1.82) is 0 Å². The summed E-state index contributed by atoms with van der Waals surface area (Å²) < 4.78 is 5.36. The minimum Gasteiger partial charge on any atom is -0.507 e. The normalized spacial score (nSPS) is 11.0. The monoisotopic (exact) mass is 519 g/mol. The first-order valence-corrected chi connectivity index (χ1v) is 12.1. The van der Waals surface area contributed by atoms with Gasteiger partial charge in [-0.2, -0.15) is 0 Å². The quantitative estimate of drug-likeness (QED) is 0.369. The van der Waals surface area contributed by atoms with E-state index in [0.717, 1.165) is 11.1 Å². The summed E-state index contributed by atoms with van der Waals surface area (Å²) in [6, 6.07) is 18.6. The van der Waals surface area contributed by atoms with Gasteiger partial charge in [0.2, 0.25) is 0 Å². The maximum absolute atomic E-state index is 13.2. The molecule has 3 aromatic carbocycles. The Hall–Kier alpha value is -4.53. The lowest BCUT2D eigenvalue weighted by atomic mass is 10.0. The van der Waals surface area contributed by atoms with Gasteiger partial charge in [-0.3, -0.25) is 4.79 Å². The molecule has 2 amide bonds. The van der Waals surface area contributed by atoms with Gasteiger partial charge in [-0.15, -0.1) is 0 Å². The maximum Gasteiger partial charge on any atom is 0.410 e. The van der Waals surface area contributed by atoms with Gasteiger partial charge in [0.1, 0.15) is 11.4 Å². The van der Waals surface area contributed by atoms with Crippen LogP contribution < -0.4 is 10.2 Å². The fourth-order valence-electron chi connectivity index (χ4n) is 3.64. The van der Waals surface area contributed by atoms with Gasteiger partial charge in [-0.1, -0.05) is 36.4 Å². The summed E-state index contributed by atoms with van der Waals surface area (Å²) >= 11 is 0. The Morgan fingerprint density at radius 3 is 2.18 bits per heavy atom. The molecule has 0 saturated heterocycles. The first-order chi connectivity index (χ1) is 17.9. The van der Waals surface area contributed by atoms with E-state index in [4.69, 9.17) is 4.74 Å². The second-order valence-corrected chi connectivity index (χ2v) is 9.91. The van der Waals surface area contributed by atoms with Crippen LogP contribution in [0.2, 0.25) is 0 Å². The van der Waals surface area contributed by atoms with E-state index in [9.17, 15) is 24.6 Å². The third-order valence-electron chi connectivity index (χ3n) is 5.75. The number of likely N-dealkylation sites (N-methyl/N-ethyl adjacent to an activating group) is 2. The molecular weight excluding hydrogens is 486 g/mol. The molecule has 38 heavy (non-hydrogen) atoms. The molecule has 9 heteroatoms. The zero-order valence-electron chi connectivity index (χ0n) is 22.2. The van der Waals surface area contributed by atoms with Crippen LogP contribution >= 0.6 is 0 Å². The summed E-state index contributed by atoms with van der Waals surface area (Å²) in [5.74, 6) is -2.09. The Balaban J connectivity index is 1.78. The first-order valence-electron chi connectivity index (χ1n) is 12.1. The molecule has 3 N–H and O–H groups in total. The van der Waals surface area contributed by atoms with Crippen LogP contribution in [-0.4, -0.2) is 65.9 Å². The predicted molar refractivity (Wildman–Crippen MR) is 147 cm³/mol. The average Bonchev–Trinajstić information content (AvgIpc) is 2.86. The summed E-state index contributed by atoms with van der Waals surface area (Å²) in [6.07, 6.45) is -0.441. The minimum atomic E-state index is -1.19. The molecule has 0 radical (unpaired) electrons. The van der Waals surface area contributed by atoms with Crippen molar-refractivity contribution >= 4 is 29.3 Å². The van der Waals surface area contributed by atoms with E-state index in [2.05, 4.69) is 5.32 Å². The highest BCUT2D eigenvalue weighted by Crippen LogP contribution is 2.29. The third-order valence-corrected chi connectivity index (χ3v) is 5.75. The van der Waals surface area contributed by atoms with Gasteiger partial charge in [0.25, 0.3) is 5.91 Å². The topological polar surface area (TPSA) is 119 Å². The molecule has 3 rings (SSSR count). The van der Waals surface area contributed by atoms with Gasteiger partial charge in [0.15, 0.2) is 0 Å². The number of carboxylic acid groups (broad SMARTS) is 1. The molecule has 0 atom stereocenters. The second kappa shape index (κ2) is 11.7. The summed E-state index contributed by atoms with van der Waals surface area (Å²) in [5.41, 5.74) is 1.65. The molecule has 9 nitrogen and oxygen atoms in total. The number of phenolic OH excluding ortho intramolecular Hbond substituents is 1. The molecule has 0 unspecified atom stereocenters. The highest BCUT2D eigenvalue weighted by Gasteiger charge is 2.21. The van der Waals surface area contributed by atoms with Crippen molar-refractivity contribution in [1.82, 2.24) is 4.90 Å². The first kappa shape index (κ1) is 28.0. The molecule has 0 bridgehead atoms. The van der Waals surface area contributed by atoms with Gasteiger partial charge in [0.05, 0.1) is 16.8 Å². The molecule has 0 saturated carbocycles. The highest BCUT2D eigenvalue weighted by molar-refractivity contribution is 6.10. The van der Waals surface area contributed by atoms with E-state index >= 15 is 0 Å². The number of hydrogen-bond acceptors (Lipinski definition) is 6. The summed E-state index contributed by atoms with van der Waals surface area (Å²) in [5, 5.41) is 22.7. The predicted octanol–water partition coefficient (Wildman–Crippen LogP) is 5.31. The van der Waals surface area contributed by atoms with Crippen molar-refractivity contribution < 1.29 is 29.3 Å². The number of nitrogens with zero attached hydrogens (tertiary/aromatic N) is 2. The van der Waals surface area contributed by atoms with Crippen LogP contribution in [0.1, 0.15) is 41.5 Å². The fraction of sp³-hybridized carbons (Fsp3) is 0.276. The maximum atomic E-state index is 13.2. The van der Waals surface area contributed by atoms with Crippen molar-refractivity contribution in [2.24, 2.45) is 0 Å². The van der Waals surface area contributed by atoms with Crippen molar-refractivity contribution in [2.75, 3.05) is 37.4 Å². The SMILES string of the molecule is CN(CCN(C)c1ccc(O)c(C(=O)Nc2cc(-c3ccccc3)ccc2C(=O)O)c1)C(=O)OC(C)(C)C. The van der Waals surface area contributed by atoms with Crippen LogP contribution in [0.4, 0.5) is 16.2 Å². The Kier molecular flexibility index (Phi) is 8.62. The number of phenols is 1. The number of carboxylic acids is 1. The molecular formula is C29H33N3O6. The van der Waals surface area contributed by atoms with Gasteiger partial charge < -0.3 is 30.1 Å². The minimum absolute atomic E-state index is 0.0173. The number of anilines is 2. The smallest absolute Gasteiger partial charge is 0.410 e. The zero-order chi connectivity index (χ0) is 28.0. The number of carbonyl (C=O) groups excluding carboxylic acids is 2. The second-order valence-electron chi connectivity index (χ2n) is 9.91. The van der Waals surface area contributed by atoms with Gasteiger partial charge in [-0.05, 0) is 62.2 Å². The van der Waals surface area contributed by atoms with Crippen molar-refractivity contribution in [2.45, 2.75) is 26.4 Å². The van der Waals surface area contributed by atoms with Gasteiger partial charge in [0, 0.05) is 32.9 Å². The molecule has 0 heterocycles. The van der Waals surface area contributed by atoms with Crippen LogP contribution in [0.3, 0.4) is 0 Å². The number of hydrogen-bond donors (Lipinski definition) is 3. The Morgan fingerprint density at radius 1 is 0.868 bits per heavy atom. The van der Waals surface area contributed by atoms with E-state index in [0.29, 0.717) is 18.8 Å². The van der Waals surface area contributed by atoms with Crippen molar-refractivity contribution in [3.8, 4) is 16.9 Å². The van der Waals surface area contributed by atoms with Crippen molar-refractivity contribution in [3.05, 3.63) is 77.9 Å². The van der Waals surface area contributed by atoms with Crippen LogP contribution in [0.5, 0.6) is 5.75 Å². The summed E-state index contributed by atoms with van der Waals surface area (Å²) in [4.78, 5) is 40.5. The largest absolute Gasteiger partial charge is 0.507 e. The van der Waals surface area contributed by atoms with Crippen LogP contribution in [0, 0.1) is 0 Å². The highest BCUT2D eigenvalue weighted by atomic mass is 16.6. The fourth-order valence-corrected chi connectivity index (χ4v) is 3.64. The lowest BCUT2D eigenvalue weighted by molar-refractivity contribution is 0.0303. The lowest BCUT2D eigenvalue weighted by Crippen LogP contribution is -2.38. The molecule has 200 valence electrons. The Labute approximate surface area is 222 Å². The molecule has 0 aliphatic carbocycles. The Morgan fingerprint density at radius 2 is 1.55 bits per heavy atom. The van der Waals surface area contributed by atoms with Gasteiger partial charge in [-0.25, -0.2) is 9.59 Å². The molecule has 0 spiro atoms. The van der Waals surface area contributed by atoms with E-state index in [1.165, 1.54) is 23.1 Å². The van der Waals surface area contributed by atoms with E-state index < -0.39 is 23.6 Å².